The van der Waals surface area contributed by atoms with E-state index >= 15 is 0 Å². The van der Waals surface area contributed by atoms with E-state index < -0.39 is 11.6 Å². The zero-order chi connectivity index (χ0) is 16.6. The predicted octanol–water partition coefficient (Wildman–Crippen LogP) is 1.09. The Hall–Kier alpha value is -1.99. The number of fused-ring (bicyclic) bond motifs is 1. The van der Waals surface area contributed by atoms with Crippen LogP contribution in [0.5, 0.6) is 0 Å². The van der Waals surface area contributed by atoms with Gasteiger partial charge in [-0.25, -0.2) is 9.97 Å². The molecule has 4 N–H and O–H groups in total. The Kier molecular flexibility index (Phi) is 4.08. The molecule has 23 heavy (non-hydrogen) atoms. The summed E-state index contributed by atoms with van der Waals surface area (Å²) in [6, 6.07) is -0.551. The van der Waals surface area contributed by atoms with Crippen molar-refractivity contribution < 1.29 is 15.0 Å². The number of nitrogens with zero attached hydrogens (tertiary/aromatic N) is 2. The minimum absolute atomic E-state index is 0.117. The summed E-state index contributed by atoms with van der Waals surface area (Å²) in [6.07, 6.45) is 5.84. The fourth-order valence-corrected chi connectivity index (χ4v) is 2.62. The highest BCUT2D eigenvalue weighted by molar-refractivity contribution is 6.04. The van der Waals surface area contributed by atoms with Gasteiger partial charge >= 0.3 is 0 Å². The van der Waals surface area contributed by atoms with Crippen molar-refractivity contribution in [3.05, 3.63) is 23.7 Å². The molecule has 1 fully saturated rings. The average Bonchev–Trinajstić information content (AvgIpc) is 3.25. The number of amides is 1. The van der Waals surface area contributed by atoms with Gasteiger partial charge in [0, 0.05) is 18.7 Å². The number of aliphatic hydroxyl groups is 2. The molecule has 1 aliphatic carbocycles. The quantitative estimate of drug-likeness (QED) is 0.637. The maximum Gasteiger partial charge on any atom is 0.255 e. The number of aromatic nitrogens is 3. The molecular weight excluding hydrogens is 296 g/mol. The van der Waals surface area contributed by atoms with E-state index in [1.807, 2.05) is 0 Å². The highest BCUT2D eigenvalue weighted by atomic mass is 16.3. The molecule has 3 rings (SSSR count). The zero-order valence-electron chi connectivity index (χ0n) is 13.3. The molecule has 0 bridgehead atoms. The molecule has 0 aliphatic heterocycles. The molecule has 1 atom stereocenters. The fraction of sp³-hybridized carbons (Fsp3) is 0.562. The molecule has 1 saturated carbocycles. The van der Waals surface area contributed by atoms with Gasteiger partial charge in [-0.2, -0.15) is 0 Å². The van der Waals surface area contributed by atoms with E-state index in [9.17, 15) is 9.90 Å². The Morgan fingerprint density at radius 1 is 1.52 bits per heavy atom. The Bertz CT molecular complexity index is 716. The van der Waals surface area contributed by atoms with Gasteiger partial charge in [-0.15, -0.1) is 0 Å². The number of carbonyl (C=O) groups is 1. The van der Waals surface area contributed by atoms with Crippen molar-refractivity contribution in [1.82, 2.24) is 20.3 Å². The summed E-state index contributed by atoms with van der Waals surface area (Å²) in [6.45, 7) is 3.09. The summed E-state index contributed by atoms with van der Waals surface area (Å²) in [4.78, 5) is 24.4. The lowest BCUT2D eigenvalue weighted by Crippen LogP contribution is -2.49. The van der Waals surface area contributed by atoms with Crippen molar-refractivity contribution in [2.75, 3.05) is 6.61 Å². The third-order valence-electron chi connectivity index (χ3n) is 4.22. The summed E-state index contributed by atoms with van der Waals surface area (Å²) in [7, 11) is 0. The first-order valence-electron chi connectivity index (χ1n) is 7.88. The van der Waals surface area contributed by atoms with Gasteiger partial charge in [0.05, 0.1) is 29.1 Å². The van der Waals surface area contributed by atoms with Gasteiger partial charge in [-0.1, -0.05) is 0 Å². The fourth-order valence-electron chi connectivity index (χ4n) is 2.62. The maximum atomic E-state index is 12.6. The van der Waals surface area contributed by atoms with Gasteiger partial charge in [0.15, 0.2) is 5.65 Å². The Morgan fingerprint density at radius 3 is 2.87 bits per heavy atom. The van der Waals surface area contributed by atoms with E-state index in [4.69, 9.17) is 5.11 Å². The lowest BCUT2D eigenvalue weighted by atomic mass is 9.96. The van der Waals surface area contributed by atoms with Gasteiger partial charge in [-0.05, 0) is 33.1 Å². The first-order chi connectivity index (χ1) is 10.9. The number of rotatable bonds is 6. The van der Waals surface area contributed by atoms with Crippen molar-refractivity contribution in [2.24, 2.45) is 0 Å². The lowest BCUT2D eigenvalue weighted by molar-refractivity contribution is 0.0265. The minimum atomic E-state index is -1.13. The van der Waals surface area contributed by atoms with Gasteiger partial charge in [0.25, 0.3) is 5.91 Å². The monoisotopic (exact) mass is 318 g/mol. The number of carbonyl (C=O) groups excluding carboxylic acids is 1. The number of hydrogen-bond donors (Lipinski definition) is 4. The molecule has 7 nitrogen and oxygen atoms in total. The molecular formula is C16H22N4O3. The van der Waals surface area contributed by atoms with Crippen LogP contribution in [-0.4, -0.2) is 49.3 Å². The summed E-state index contributed by atoms with van der Waals surface area (Å²) in [5.41, 5.74) is 1.31. The molecule has 0 radical (unpaired) electrons. The number of nitrogens with one attached hydrogen (secondary N) is 2. The second-order valence-corrected chi connectivity index (χ2v) is 6.66. The lowest BCUT2D eigenvalue weighted by Gasteiger charge is -2.29. The van der Waals surface area contributed by atoms with Crippen molar-refractivity contribution in [3.8, 4) is 0 Å². The smallest absolute Gasteiger partial charge is 0.255 e. The van der Waals surface area contributed by atoms with Crippen LogP contribution >= 0.6 is 0 Å². The summed E-state index contributed by atoms with van der Waals surface area (Å²) >= 11 is 0. The molecule has 7 heteroatoms. The predicted molar refractivity (Wildman–Crippen MR) is 85.1 cm³/mol. The first-order valence-corrected chi connectivity index (χ1v) is 7.88. The van der Waals surface area contributed by atoms with Crippen LogP contribution < -0.4 is 5.32 Å². The maximum absolute atomic E-state index is 12.6. The molecule has 2 aromatic rings. The third kappa shape index (κ3) is 3.35. The summed E-state index contributed by atoms with van der Waals surface area (Å²) < 4.78 is 0. The molecule has 1 amide bonds. The highest BCUT2D eigenvalue weighted by Crippen LogP contribution is 2.39. The van der Waals surface area contributed by atoms with Crippen molar-refractivity contribution in [3.63, 3.8) is 0 Å². The average molecular weight is 318 g/mol. The van der Waals surface area contributed by atoms with Crippen molar-refractivity contribution >= 4 is 17.1 Å². The van der Waals surface area contributed by atoms with Crippen LogP contribution in [0.2, 0.25) is 0 Å². The molecule has 0 saturated heterocycles. The van der Waals surface area contributed by atoms with Gasteiger partial charge in [-0.3, -0.25) is 4.79 Å². The summed E-state index contributed by atoms with van der Waals surface area (Å²) in [5.74, 6) is 0.121. The second-order valence-electron chi connectivity index (χ2n) is 6.66. The van der Waals surface area contributed by atoms with E-state index in [1.165, 1.54) is 0 Å². The molecule has 2 heterocycles. The molecule has 0 aromatic carbocycles. The molecule has 0 spiro atoms. The molecule has 1 aliphatic rings. The SMILES string of the molecule is CC(C)(O)C(CCO)NC(=O)c1c[nH]c2ncc(C3CC3)nc12. The van der Waals surface area contributed by atoms with Crippen LogP contribution in [0.1, 0.15) is 55.1 Å². The van der Waals surface area contributed by atoms with Crippen molar-refractivity contribution in [1.29, 1.82) is 0 Å². The van der Waals surface area contributed by atoms with Gasteiger partial charge in [0.1, 0.15) is 5.52 Å². The van der Waals surface area contributed by atoms with Crippen LogP contribution in [-0.2, 0) is 0 Å². The van der Waals surface area contributed by atoms with Crippen molar-refractivity contribution in [2.45, 2.75) is 50.7 Å². The normalized spacial score (nSPS) is 16.5. The second kappa shape index (κ2) is 5.90. The van der Waals surface area contributed by atoms with Crippen LogP contribution in [0.25, 0.3) is 11.2 Å². The van der Waals surface area contributed by atoms with Gasteiger partial charge < -0.3 is 20.5 Å². The largest absolute Gasteiger partial charge is 0.396 e. The van der Waals surface area contributed by atoms with Crippen LogP contribution in [0.3, 0.4) is 0 Å². The Balaban J connectivity index is 1.86. The number of aliphatic hydroxyl groups excluding tert-OH is 1. The number of H-pyrrole nitrogens is 1. The van der Waals surface area contributed by atoms with Gasteiger partial charge in [0.2, 0.25) is 0 Å². The molecule has 1 unspecified atom stereocenters. The number of hydrogen-bond acceptors (Lipinski definition) is 5. The van der Waals surface area contributed by atoms with Crippen LogP contribution in [0, 0.1) is 0 Å². The topological polar surface area (TPSA) is 111 Å². The molecule has 2 aromatic heterocycles. The van der Waals surface area contributed by atoms with E-state index in [1.54, 1.807) is 26.2 Å². The zero-order valence-corrected chi connectivity index (χ0v) is 13.3. The third-order valence-corrected chi connectivity index (χ3v) is 4.22. The first kappa shape index (κ1) is 15.9. The summed E-state index contributed by atoms with van der Waals surface area (Å²) in [5, 5.41) is 22.0. The highest BCUT2D eigenvalue weighted by Gasteiger charge is 2.30. The Morgan fingerprint density at radius 2 is 2.26 bits per heavy atom. The van der Waals surface area contributed by atoms with E-state index in [-0.39, 0.29) is 18.9 Å². The van der Waals surface area contributed by atoms with E-state index in [0.29, 0.717) is 22.6 Å². The standard InChI is InChI=1S/C16H22N4O3/c1-16(2,23)12(5-6-21)20-15(22)10-7-17-14-13(10)19-11(8-18-14)9-3-4-9/h7-9,12,21,23H,3-6H2,1-2H3,(H,17,18)(H,20,22). The van der Waals surface area contributed by atoms with E-state index in [0.717, 1.165) is 18.5 Å². The Labute approximate surface area is 134 Å². The van der Waals surface area contributed by atoms with E-state index in [2.05, 4.69) is 20.3 Å². The minimum Gasteiger partial charge on any atom is -0.396 e. The van der Waals surface area contributed by atoms with Crippen LogP contribution in [0.4, 0.5) is 0 Å². The number of aromatic amines is 1. The van der Waals surface area contributed by atoms with Crippen LogP contribution in [0.15, 0.2) is 12.4 Å². The molecule has 124 valence electrons.